The molecule has 0 bridgehead atoms. The fourth-order valence-corrected chi connectivity index (χ4v) is 1.57. The van der Waals surface area contributed by atoms with Crippen molar-refractivity contribution in [2.75, 3.05) is 11.9 Å². The lowest BCUT2D eigenvalue weighted by Gasteiger charge is -2.15. The molecule has 2 amide bonds. The van der Waals surface area contributed by atoms with Crippen LogP contribution < -0.4 is 15.4 Å². The molecule has 0 heterocycles. The Hall–Kier alpha value is -2.68. The first-order valence-corrected chi connectivity index (χ1v) is 6.50. The minimum absolute atomic E-state index is 0.0619. The third-order valence-corrected chi connectivity index (χ3v) is 2.67. The van der Waals surface area contributed by atoms with E-state index in [1.54, 1.807) is 24.3 Å². The summed E-state index contributed by atoms with van der Waals surface area (Å²) in [5, 5.41) is 13.9. The van der Waals surface area contributed by atoms with Crippen LogP contribution in [0.25, 0.3) is 0 Å². The maximum absolute atomic E-state index is 11.8. The summed E-state index contributed by atoms with van der Waals surface area (Å²) in [5.74, 6) is 1.88. The van der Waals surface area contributed by atoms with Gasteiger partial charge in [0.1, 0.15) is 5.75 Å². The smallest absolute Gasteiger partial charge is 0.341 e. The van der Waals surface area contributed by atoms with Gasteiger partial charge in [0.2, 0.25) is 0 Å². The summed E-state index contributed by atoms with van der Waals surface area (Å²) in [5.41, 5.74) is 0.575. The van der Waals surface area contributed by atoms with E-state index >= 15 is 0 Å². The number of carbonyl (C=O) groups is 2. The predicted molar refractivity (Wildman–Crippen MR) is 79.3 cm³/mol. The molecule has 1 aromatic rings. The van der Waals surface area contributed by atoms with E-state index in [0.717, 1.165) is 6.42 Å². The topological polar surface area (TPSA) is 87.7 Å². The molecule has 0 spiro atoms. The van der Waals surface area contributed by atoms with Crippen LogP contribution in [0.4, 0.5) is 10.5 Å². The number of rotatable bonds is 7. The summed E-state index contributed by atoms with van der Waals surface area (Å²) in [7, 11) is 0. The lowest BCUT2D eigenvalue weighted by Crippen LogP contribution is -2.37. The number of hydrogen-bond donors (Lipinski definition) is 3. The Balaban J connectivity index is 2.49. The van der Waals surface area contributed by atoms with Crippen LogP contribution in [0.15, 0.2) is 24.3 Å². The van der Waals surface area contributed by atoms with E-state index in [0.29, 0.717) is 17.9 Å². The molecule has 0 fully saturated rings. The number of terminal acetylenes is 1. The third-order valence-electron chi connectivity index (χ3n) is 2.67. The summed E-state index contributed by atoms with van der Waals surface area (Å²) in [6, 6.07) is 6.01. The summed E-state index contributed by atoms with van der Waals surface area (Å²) < 4.78 is 4.99. The maximum Gasteiger partial charge on any atom is 0.341 e. The molecule has 21 heavy (non-hydrogen) atoms. The zero-order valence-electron chi connectivity index (χ0n) is 11.8. The predicted octanol–water partition coefficient (Wildman–Crippen LogP) is 2.07. The monoisotopic (exact) mass is 290 g/mol. The summed E-state index contributed by atoms with van der Waals surface area (Å²) >= 11 is 0. The van der Waals surface area contributed by atoms with Crippen LogP contribution >= 0.6 is 0 Å². The molecule has 0 aliphatic carbocycles. The Bertz CT molecular complexity index is 519. The highest BCUT2D eigenvalue weighted by Crippen LogP contribution is 2.15. The number of anilines is 1. The lowest BCUT2D eigenvalue weighted by molar-refractivity contribution is -0.139. The van der Waals surface area contributed by atoms with Crippen molar-refractivity contribution in [2.45, 2.75) is 25.8 Å². The number of urea groups is 1. The van der Waals surface area contributed by atoms with Crippen LogP contribution in [-0.4, -0.2) is 29.8 Å². The van der Waals surface area contributed by atoms with Gasteiger partial charge in [-0.05, 0) is 30.7 Å². The van der Waals surface area contributed by atoms with Gasteiger partial charge in [0.05, 0.1) is 0 Å². The summed E-state index contributed by atoms with van der Waals surface area (Å²) in [6.07, 6.45) is 6.45. The van der Waals surface area contributed by atoms with E-state index in [1.807, 2.05) is 6.92 Å². The second-order valence-electron chi connectivity index (χ2n) is 4.32. The second kappa shape index (κ2) is 8.48. The van der Waals surface area contributed by atoms with E-state index in [4.69, 9.17) is 16.3 Å². The van der Waals surface area contributed by atoms with Gasteiger partial charge in [-0.15, -0.1) is 12.3 Å². The molecule has 0 saturated heterocycles. The zero-order chi connectivity index (χ0) is 15.7. The third kappa shape index (κ3) is 6.34. The number of amides is 2. The van der Waals surface area contributed by atoms with Gasteiger partial charge in [-0.2, -0.15) is 0 Å². The Morgan fingerprint density at radius 3 is 2.57 bits per heavy atom. The number of benzene rings is 1. The largest absolute Gasteiger partial charge is 0.482 e. The van der Waals surface area contributed by atoms with Crippen LogP contribution in [0.2, 0.25) is 0 Å². The minimum Gasteiger partial charge on any atom is -0.482 e. The van der Waals surface area contributed by atoms with Crippen molar-refractivity contribution in [1.82, 2.24) is 5.32 Å². The van der Waals surface area contributed by atoms with Crippen molar-refractivity contribution in [3.63, 3.8) is 0 Å². The molecule has 1 aromatic carbocycles. The van der Waals surface area contributed by atoms with Crippen molar-refractivity contribution < 1.29 is 19.4 Å². The lowest BCUT2D eigenvalue weighted by atomic mass is 10.1. The van der Waals surface area contributed by atoms with E-state index in [-0.39, 0.29) is 12.1 Å². The average molecular weight is 290 g/mol. The Labute approximate surface area is 123 Å². The molecule has 0 aliphatic heterocycles. The summed E-state index contributed by atoms with van der Waals surface area (Å²) in [6.45, 7) is 1.54. The van der Waals surface area contributed by atoms with Crippen LogP contribution in [0, 0.1) is 12.3 Å². The fraction of sp³-hybridized carbons (Fsp3) is 0.333. The SMILES string of the molecule is C#CCC(CC)NC(=O)Nc1ccc(OCC(=O)O)cc1. The van der Waals surface area contributed by atoms with Crippen molar-refractivity contribution in [3.8, 4) is 18.1 Å². The highest BCUT2D eigenvalue weighted by Gasteiger charge is 2.09. The molecule has 112 valence electrons. The Kier molecular flexibility index (Phi) is 6.61. The van der Waals surface area contributed by atoms with Gasteiger partial charge in [0, 0.05) is 18.2 Å². The molecule has 0 saturated carbocycles. The van der Waals surface area contributed by atoms with Gasteiger partial charge < -0.3 is 20.5 Å². The number of nitrogens with one attached hydrogen (secondary N) is 2. The van der Waals surface area contributed by atoms with Gasteiger partial charge in [-0.25, -0.2) is 9.59 Å². The van der Waals surface area contributed by atoms with Gasteiger partial charge >= 0.3 is 12.0 Å². The first-order chi connectivity index (χ1) is 10.0. The van der Waals surface area contributed by atoms with E-state index in [2.05, 4.69) is 16.6 Å². The van der Waals surface area contributed by atoms with Gasteiger partial charge in [0.25, 0.3) is 0 Å². The normalized spacial score (nSPS) is 11.0. The maximum atomic E-state index is 11.8. The molecule has 6 heteroatoms. The average Bonchev–Trinajstić information content (AvgIpc) is 2.46. The minimum atomic E-state index is -1.05. The quantitative estimate of drug-likeness (QED) is 0.671. The van der Waals surface area contributed by atoms with Crippen LogP contribution in [0.5, 0.6) is 5.75 Å². The van der Waals surface area contributed by atoms with E-state index in [9.17, 15) is 9.59 Å². The molecule has 1 rings (SSSR count). The number of aliphatic carboxylic acids is 1. The van der Waals surface area contributed by atoms with E-state index < -0.39 is 12.6 Å². The van der Waals surface area contributed by atoms with Crippen LogP contribution in [-0.2, 0) is 4.79 Å². The van der Waals surface area contributed by atoms with Crippen LogP contribution in [0.1, 0.15) is 19.8 Å². The summed E-state index contributed by atoms with van der Waals surface area (Å²) in [4.78, 5) is 22.1. The molecular weight excluding hydrogens is 272 g/mol. The number of carboxylic acids is 1. The zero-order valence-corrected chi connectivity index (χ0v) is 11.8. The number of ether oxygens (including phenoxy) is 1. The standard InChI is InChI=1S/C15H18N2O4/c1-3-5-11(4-2)16-15(20)17-12-6-8-13(9-7-12)21-10-14(18)19/h1,6-9,11H,4-5,10H2,2H3,(H,18,19)(H2,16,17,20). The molecule has 1 unspecified atom stereocenters. The van der Waals surface area contributed by atoms with Gasteiger partial charge in [-0.3, -0.25) is 0 Å². The van der Waals surface area contributed by atoms with Crippen molar-refractivity contribution in [1.29, 1.82) is 0 Å². The fourth-order valence-electron chi connectivity index (χ4n) is 1.57. The molecule has 6 nitrogen and oxygen atoms in total. The number of hydrogen-bond acceptors (Lipinski definition) is 3. The number of carboxylic acid groups (broad SMARTS) is 1. The molecule has 0 aromatic heterocycles. The molecule has 1 atom stereocenters. The van der Waals surface area contributed by atoms with Crippen molar-refractivity contribution >= 4 is 17.7 Å². The molecule has 0 aliphatic rings. The molecular formula is C15H18N2O4. The number of carbonyl (C=O) groups excluding carboxylic acids is 1. The van der Waals surface area contributed by atoms with Gasteiger partial charge in [0.15, 0.2) is 6.61 Å². The molecule has 3 N–H and O–H groups in total. The van der Waals surface area contributed by atoms with Crippen LogP contribution in [0.3, 0.4) is 0 Å². The van der Waals surface area contributed by atoms with E-state index in [1.165, 1.54) is 0 Å². The highest BCUT2D eigenvalue weighted by molar-refractivity contribution is 5.89. The Morgan fingerprint density at radius 2 is 2.05 bits per heavy atom. The molecule has 0 radical (unpaired) electrons. The first kappa shape index (κ1) is 16.4. The van der Waals surface area contributed by atoms with Gasteiger partial charge in [-0.1, -0.05) is 6.92 Å². The second-order valence-corrected chi connectivity index (χ2v) is 4.32. The Morgan fingerprint density at radius 1 is 1.38 bits per heavy atom. The van der Waals surface area contributed by atoms with Crippen molar-refractivity contribution in [3.05, 3.63) is 24.3 Å². The first-order valence-electron chi connectivity index (χ1n) is 6.50. The highest BCUT2D eigenvalue weighted by atomic mass is 16.5. The van der Waals surface area contributed by atoms with Crippen molar-refractivity contribution in [2.24, 2.45) is 0 Å².